The third-order valence-corrected chi connectivity index (χ3v) is 6.53. The molecule has 2 aliphatic heterocycles. The van der Waals surface area contributed by atoms with Gasteiger partial charge < -0.3 is 0 Å². The molecule has 0 atom stereocenters. The van der Waals surface area contributed by atoms with Crippen LogP contribution in [0.2, 0.25) is 0 Å². The van der Waals surface area contributed by atoms with Crippen molar-refractivity contribution in [1.82, 2.24) is 15.5 Å². The molecule has 5 rings (SSSR count). The van der Waals surface area contributed by atoms with Crippen LogP contribution in [0.25, 0.3) is 46.4 Å². The van der Waals surface area contributed by atoms with E-state index in [9.17, 15) is 0 Å². The Labute approximate surface area is 177 Å². The lowest BCUT2D eigenvalue weighted by molar-refractivity contribution is 1.31. The Morgan fingerprint density at radius 2 is 0.769 bits per heavy atom. The van der Waals surface area contributed by atoms with Crippen molar-refractivity contribution in [3.05, 3.63) is 71.3 Å². The van der Waals surface area contributed by atoms with Gasteiger partial charge in [0.2, 0.25) is 0 Å². The first-order chi connectivity index (χ1) is 12.7. The summed E-state index contributed by atoms with van der Waals surface area (Å²) in [7, 11) is 0. The molecule has 3 aromatic heterocycles. The standard InChI is InChI=1S/C20H12I2N4/c21-25-17-5-6-19(25)11-15-3-4-16(24-15)12-20-8-7-18(26(20)22)10-14-2-1-13(9-17)23-14/h1-12H. The van der Waals surface area contributed by atoms with Crippen LogP contribution in [-0.4, -0.2) is 15.5 Å². The summed E-state index contributed by atoms with van der Waals surface area (Å²) < 4.78 is 4.25. The predicted molar refractivity (Wildman–Crippen MR) is 125 cm³/mol. The van der Waals surface area contributed by atoms with Gasteiger partial charge in [-0.25, -0.2) is 9.97 Å². The van der Waals surface area contributed by atoms with Crippen molar-refractivity contribution in [3.63, 3.8) is 0 Å². The fourth-order valence-electron chi connectivity index (χ4n) is 3.04. The summed E-state index contributed by atoms with van der Waals surface area (Å²) in [6, 6.07) is 16.8. The molecule has 0 amide bonds. The van der Waals surface area contributed by atoms with E-state index < -0.39 is 0 Å². The molecular formula is C20H12I2N4. The fourth-order valence-corrected chi connectivity index (χ4v) is 4.24. The van der Waals surface area contributed by atoms with Gasteiger partial charge in [0.25, 0.3) is 0 Å². The average molecular weight is 562 g/mol. The minimum Gasteiger partial charge on any atom is -0.283 e. The molecule has 0 aromatic carbocycles. The van der Waals surface area contributed by atoms with E-state index in [-0.39, 0.29) is 0 Å². The van der Waals surface area contributed by atoms with Crippen LogP contribution >= 0.6 is 45.7 Å². The summed E-state index contributed by atoms with van der Waals surface area (Å²) in [5.74, 6) is 0. The lowest BCUT2D eigenvalue weighted by atomic mass is 10.3. The summed E-state index contributed by atoms with van der Waals surface area (Å²) in [5, 5.41) is 0. The van der Waals surface area contributed by atoms with Gasteiger partial charge >= 0.3 is 0 Å². The Bertz CT molecular complexity index is 1080. The maximum Gasteiger partial charge on any atom is 0.0658 e. The second-order valence-electron chi connectivity index (χ2n) is 6.09. The second kappa shape index (κ2) is 6.34. The highest BCUT2D eigenvalue weighted by molar-refractivity contribution is 14.1. The third kappa shape index (κ3) is 2.90. The highest BCUT2D eigenvalue weighted by Gasteiger charge is 2.04. The van der Waals surface area contributed by atoms with Crippen molar-refractivity contribution in [2.45, 2.75) is 0 Å². The van der Waals surface area contributed by atoms with Crippen LogP contribution in [0.3, 0.4) is 0 Å². The SMILES string of the molecule is In1c2ccc1cc1nc(cc3ccc(cc4nc(c2)C=C4)n3I)C=C1. The predicted octanol–water partition coefficient (Wildman–Crippen LogP) is 6.00. The lowest BCUT2D eigenvalue weighted by Gasteiger charge is -1.94. The second-order valence-corrected chi connectivity index (χ2v) is 8.02. The van der Waals surface area contributed by atoms with E-state index in [2.05, 4.69) is 124 Å². The summed E-state index contributed by atoms with van der Waals surface area (Å²) in [5.41, 5.74) is 8.24. The number of aromatic nitrogens is 4. The Morgan fingerprint density at radius 1 is 0.500 bits per heavy atom. The first kappa shape index (κ1) is 16.2. The van der Waals surface area contributed by atoms with Crippen LogP contribution in [-0.2, 0) is 0 Å². The Hall–Kier alpha value is -1.94. The molecule has 2 aliphatic rings. The number of halogens is 2. The molecular weight excluding hydrogens is 550 g/mol. The fraction of sp³-hybridized carbons (Fsp3) is 0. The minimum atomic E-state index is 0.956. The van der Waals surface area contributed by atoms with Crippen molar-refractivity contribution in [3.8, 4) is 0 Å². The highest BCUT2D eigenvalue weighted by atomic mass is 127. The molecule has 0 N–H and O–H groups in total. The molecule has 126 valence electrons. The summed E-state index contributed by atoms with van der Waals surface area (Å²) in [6.45, 7) is 0. The van der Waals surface area contributed by atoms with E-state index in [4.69, 9.17) is 9.97 Å². The summed E-state index contributed by atoms with van der Waals surface area (Å²) >= 11 is 4.63. The van der Waals surface area contributed by atoms with Crippen LogP contribution < -0.4 is 0 Å². The molecule has 0 fully saturated rings. The lowest BCUT2D eigenvalue weighted by Crippen LogP contribution is -1.81. The van der Waals surface area contributed by atoms with Crippen molar-refractivity contribution < 1.29 is 0 Å². The number of hydrogen-bond donors (Lipinski definition) is 0. The minimum absolute atomic E-state index is 0.956. The van der Waals surface area contributed by atoms with Crippen molar-refractivity contribution in [1.29, 1.82) is 0 Å². The Balaban J connectivity index is 1.91. The summed E-state index contributed by atoms with van der Waals surface area (Å²) in [4.78, 5) is 9.45. The van der Waals surface area contributed by atoms with Crippen LogP contribution in [0.15, 0.2) is 48.5 Å². The molecule has 0 spiro atoms. The topological polar surface area (TPSA) is 35.6 Å². The van der Waals surface area contributed by atoms with E-state index >= 15 is 0 Å². The van der Waals surface area contributed by atoms with E-state index in [1.807, 2.05) is 0 Å². The van der Waals surface area contributed by atoms with E-state index in [1.165, 1.54) is 0 Å². The molecule has 4 nitrogen and oxygen atoms in total. The van der Waals surface area contributed by atoms with E-state index in [1.54, 1.807) is 0 Å². The maximum atomic E-state index is 4.72. The van der Waals surface area contributed by atoms with E-state index in [0.29, 0.717) is 0 Å². The first-order valence-electron chi connectivity index (χ1n) is 8.08. The zero-order chi connectivity index (χ0) is 17.7. The average Bonchev–Trinajstić information content (AvgIpc) is 3.39. The number of nitrogens with zero attached hydrogens (tertiary/aromatic N) is 4. The zero-order valence-electron chi connectivity index (χ0n) is 13.5. The van der Waals surface area contributed by atoms with Gasteiger partial charge in [-0.1, -0.05) is 0 Å². The molecule has 0 saturated carbocycles. The van der Waals surface area contributed by atoms with Gasteiger partial charge in [-0.3, -0.25) is 5.56 Å². The molecule has 8 bridgehead atoms. The number of rotatable bonds is 0. The van der Waals surface area contributed by atoms with Crippen molar-refractivity contribution in [2.24, 2.45) is 0 Å². The molecule has 6 heteroatoms. The molecule has 0 radical (unpaired) electrons. The molecule has 0 aliphatic carbocycles. The third-order valence-electron chi connectivity index (χ3n) is 4.31. The number of hydrogen-bond acceptors (Lipinski definition) is 2. The van der Waals surface area contributed by atoms with Gasteiger partial charge in [0.1, 0.15) is 0 Å². The van der Waals surface area contributed by atoms with Crippen molar-refractivity contribution in [2.75, 3.05) is 0 Å². The largest absolute Gasteiger partial charge is 0.283 e. The van der Waals surface area contributed by atoms with Gasteiger partial charge in [0.05, 0.1) is 90.6 Å². The molecule has 0 saturated heterocycles. The van der Waals surface area contributed by atoms with E-state index in [0.717, 1.165) is 44.8 Å². The molecule has 5 heterocycles. The zero-order valence-corrected chi connectivity index (χ0v) is 17.8. The molecule has 0 unspecified atom stereocenters. The van der Waals surface area contributed by atoms with Crippen LogP contribution in [0, 0.1) is 0 Å². The Kier molecular flexibility index (Phi) is 3.96. The first-order valence-corrected chi connectivity index (χ1v) is 10.0. The van der Waals surface area contributed by atoms with Crippen LogP contribution in [0.5, 0.6) is 0 Å². The Morgan fingerprint density at radius 3 is 1.04 bits per heavy atom. The van der Waals surface area contributed by atoms with Gasteiger partial charge in [0, 0.05) is 0 Å². The van der Waals surface area contributed by atoms with Gasteiger partial charge in [0.15, 0.2) is 0 Å². The van der Waals surface area contributed by atoms with Crippen molar-refractivity contribution >= 4 is 92.1 Å². The van der Waals surface area contributed by atoms with Gasteiger partial charge in [-0.2, -0.15) is 0 Å². The quantitative estimate of drug-likeness (QED) is 0.217. The number of fused-ring (bicyclic) bond motifs is 8. The smallest absolute Gasteiger partial charge is 0.0658 e. The van der Waals surface area contributed by atoms with Gasteiger partial charge in [-0.05, 0) is 72.8 Å². The highest BCUT2D eigenvalue weighted by Crippen LogP contribution is 2.22. The summed E-state index contributed by atoms with van der Waals surface area (Å²) in [6.07, 6.45) is 8.20. The molecule has 3 aromatic rings. The van der Waals surface area contributed by atoms with Crippen LogP contribution in [0.1, 0.15) is 22.8 Å². The molecule has 26 heavy (non-hydrogen) atoms. The normalized spacial score (nSPS) is 12.7. The van der Waals surface area contributed by atoms with Crippen LogP contribution in [0.4, 0.5) is 0 Å². The van der Waals surface area contributed by atoms with Gasteiger partial charge in [-0.15, -0.1) is 0 Å². The monoisotopic (exact) mass is 562 g/mol. The maximum absolute atomic E-state index is 4.72.